The van der Waals surface area contributed by atoms with Crippen LogP contribution in [0, 0.1) is 0 Å². The van der Waals surface area contributed by atoms with Gasteiger partial charge in [0.15, 0.2) is 5.58 Å². The number of aromatic nitrogens is 1. The zero-order valence-corrected chi connectivity index (χ0v) is 13.0. The molecule has 6 heteroatoms. The Hall–Kier alpha value is -2.34. The van der Waals surface area contributed by atoms with E-state index in [1.165, 1.54) is 9.44 Å². The second-order valence-electron chi connectivity index (χ2n) is 5.09. The van der Waals surface area contributed by atoms with Crippen molar-refractivity contribution in [1.82, 2.24) is 9.88 Å². The van der Waals surface area contributed by atoms with Gasteiger partial charge in [0.05, 0.1) is 5.52 Å². The van der Waals surface area contributed by atoms with Crippen LogP contribution in [0.2, 0.25) is 0 Å². The Labute approximate surface area is 131 Å². The molecule has 3 rings (SSSR count). The molecule has 5 nitrogen and oxygen atoms in total. The average Bonchev–Trinajstić information content (AvgIpc) is 3.13. The maximum absolute atomic E-state index is 11.9. The SMILES string of the molecule is Cn1c(=O)oc2ccc(CNC(=O)CCc3cccs3)cc21. The quantitative estimate of drug-likeness (QED) is 0.786. The largest absolute Gasteiger partial charge is 0.419 e. The maximum atomic E-state index is 11.9. The van der Waals surface area contributed by atoms with Crippen molar-refractivity contribution < 1.29 is 9.21 Å². The Morgan fingerprint density at radius 2 is 2.23 bits per heavy atom. The summed E-state index contributed by atoms with van der Waals surface area (Å²) < 4.78 is 6.54. The van der Waals surface area contributed by atoms with Crippen molar-refractivity contribution in [2.24, 2.45) is 7.05 Å². The summed E-state index contributed by atoms with van der Waals surface area (Å²) in [7, 11) is 1.66. The molecule has 0 atom stereocenters. The Balaban J connectivity index is 1.60. The Morgan fingerprint density at radius 3 is 3.00 bits per heavy atom. The lowest BCUT2D eigenvalue weighted by Gasteiger charge is -2.05. The van der Waals surface area contributed by atoms with Gasteiger partial charge in [0.25, 0.3) is 0 Å². The molecule has 1 amide bonds. The number of carbonyl (C=O) groups is 1. The number of aryl methyl sites for hydroxylation is 2. The minimum atomic E-state index is -0.382. The predicted octanol–water partition coefficient (Wildman–Crippen LogP) is 2.44. The molecule has 22 heavy (non-hydrogen) atoms. The van der Waals surface area contributed by atoms with Crippen LogP contribution in [0.4, 0.5) is 0 Å². The number of carbonyl (C=O) groups excluding carboxylic acids is 1. The Bertz CT molecular complexity index is 846. The van der Waals surface area contributed by atoms with Crippen LogP contribution in [0.1, 0.15) is 16.9 Å². The van der Waals surface area contributed by atoms with Crippen LogP contribution in [0.15, 0.2) is 44.9 Å². The van der Waals surface area contributed by atoms with Crippen molar-refractivity contribution in [3.63, 3.8) is 0 Å². The van der Waals surface area contributed by atoms with Gasteiger partial charge in [0.1, 0.15) is 0 Å². The van der Waals surface area contributed by atoms with Crippen LogP contribution in [-0.4, -0.2) is 10.5 Å². The highest BCUT2D eigenvalue weighted by Crippen LogP contribution is 2.14. The van der Waals surface area contributed by atoms with Crippen molar-refractivity contribution in [2.75, 3.05) is 0 Å². The molecule has 0 aliphatic rings. The number of nitrogens with one attached hydrogen (secondary N) is 1. The van der Waals surface area contributed by atoms with Crippen molar-refractivity contribution in [3.8, 4) is 0 Å². The van der Waals surface area contributed by atoms with E-state index in [4.69, 9.17) is 4.42 Å². The third kappa shape index (κ3) is 3.12. The molecule has 0 spiro atoms. The van der Waals surface area contributed by atoms with Crippen molar-refractivity contribution in [1.29, 1.82) is 0 Å². The molecule has 0 fully saturated rings. The first-order valence-electron chi connectivity index (χ1n) is 7.01. The van der Waals surface area contributed by atoms with E-state index in [1.54, 1.807) is 24.5 Å². The second kappa shape index (κ2) is 6.19. The number of fused-ring (bicyclic) bond motifs is 1. The van der Waals surface area contributed by atoms with Gasteiger partial charge in [-0.15, -0.1) is 11.3 Å². The van der Waals surface area contributed by atoms with Gasteiger partial charge < -0.3 is 9.73 Å². The van der Waals surface area contributed by atoms with Gasteiger partial charge in [0, 0.05) is 24.9 Å². The van der Waals surface area contributed by atoms with Crippen LogP contribution in [-0.2, 0) is 24.8 Å². The molecule has 0 saturated carbocycles. The standard InChI is InChI=1S/C16H16N2O3S/c1-18-13-9-11(4-6-14(13)21-16(18)20)10-17-15(19)7-5-12-3-2-8-22-12/h2-4,6,8-9H,5,7,10H2,1H3,(H,17,19). The van der Waals surface area contributed by atoms with Gasteiger partial charge in [-0.2, -0.15) is 0 Å². The van der Waals surface area contributed by atoms with Gasteiger partial charge in [-0.1, -0.05) is 12.1 Å². The Morgan fingerprint density at radius 1 is 1.36 bits per heavy atom. The second-order valence-corrected chi connectivity index (χ2v) is 6.12. The molecule has 2 heterocycles. The Kier molecular flexibility index (Phi) is 4.11. The van der Waals surface area contributed by atoms with Gasteiger partial charge in [-0.05, 0) is 35.6 Å². The van der Waals surface area contributed by atoms with Crippen LogP contribution in [0.3, 0.4) is 0 Å². The summed E-state index contributed by atoms with van der Waals surface area (Å²) in [6.45, 7) is 0.443. The monoisotopic (exact) mass is 316 g/mol. The van der Waals surface area contributed by atoms with Gasteiger partial charge >= 0.3 is 5.76 Å². The number of hydrogen-bond donors (Lipinski definition) is 1. The lowest BCUT2D eigenvalue weighted by atomic mass is 10.2. The topological polar surface area (TPSA) is 64.2 Å². The predicted molar refractivity (Wildman–Crippen MR) is 85.9 cm³/mol. The van der Waals surface area contributed by atoms with E-state index in [1.807, 2.05) is 29.6 Å². The molecule has 0 unspecified atom stereocenters. The average molecular weight is 316 g/mol. The molecule has 1 N–H and O–H groups in total. The highest BCUT2D eigenvalue weighted by atomic mass is 32.1. The van der Waals surface area contributed by atoms with Crippen LogP contribution in [0.5, 0.6) is 0 Å². The number of hydrogen-bond acceptors (Lipinski definition) is 4. The normalized spacial score (nSPS) is 11.0. The number of thiophene rings is 1. The number of nitrogens with zero attached hydrogens (tertiary/aromatic N) is 1. The summed E-state index contributed by atoms with van der Waals surface area (Å²) in [5.41, 5.74) is 2.23. The fourth-order valence-electron chi connectivity index (χ4n) is 2.26. The molecule has 0 radical (unpaired) electrons. The minimum Gasteiger partial charge on any atom is -0.408 e. The number of rotatable bonds is 5. The molecular formula is C16H16N2O3S. The fraction of sp³-hybridized carbons (Fsp3) is 0.250. The summed E-state index contributed by atoms with van der Waals surface area (Å²) in [4.78, 5) is 24.5. The summed E-state index contributed by atoms with van der Waals surface area (Å²) in [6.07, 6.45) is 1.24. The maximum Gasteiger partial charge on any atom is 0.419 e. The number of benzene rings is 1. The van der Waals surface area contributed by atoms with Crippen molar-refractivity contribution >= 4 is 28.3 Å². The van der Waals surface area contributed by atoms with Gasteiger partial charge in [-0.3, -0.25) is 9.36 Å². The number of oxazole rings is 1. The molecule has 0 bridgehead atoms. The van der Waals surface area contributed by atoms with Crippen LogP contribution < -0.4 is 11.1 Å². The lowest BCUT2D eigenvalue weighted by molar-refractivity contribution is -0.121. The molecule has 0 aliphatic heterocycles. The first-order valence-corrected chi connectivity index (χ1v) is 7.89. The van der Waals surface area contributed by atoms with Gasteiger partial charge in [0.2, 0.25) is 5.91 Å². The lowest BCUT2D eigenvalue weighted by Crippen LogP contribution is -2.22. The highest BCUT2D eigenvalue weighted by Gasteiger charge is 2.07. The fourth-order valence-corrected chi connectivity index (χ4v) is 2.97. The third-order valence-corrected chi connectivity index (χ3v) is 4.46. The molecule has 3 aromatic rings. The van der Waals surface area contributed by atoms with E-state index in [9.17, 15) is 9.59 Å². The molecule has 1 aromatic carbocycles. The first-order chi connectivity index (χ1) is 10.6. The molecule has 0 aliphatic carbocycles. The molecular weight excluding hydrogens is 300 g/mol. The van der Waals surface area contributed by atoms with E-state index < -0.39 is 0 Å². The number of amides is 1. The third-order valence-electron chi connectivity index (χ3n) is 3.52. The van der Waals surface area contributed by atoms with E-state index in [0.717, 1.165) is 17.5 Å². The van der Waals surface area contributed by atoms with E-state index in [-0.39, 0.29) is 11.7 Å². The smallest absolute Gasteiger partial charge is 0.408 e. The van der Waals surface area contributed by atoms with E-state index >= 15 is 0 Å². The van der Waals surface area contributed by atoms with Gasteiger partial charge in [-0.25, -0.2) is 4.79 Å². The summed E-state index contributed by atoms with van der Waals surface area (Å²) in [6, 6.07) is 9.49. The zero-order chi connectivity index (χ0) is 15.5. The summed E-state index contributed by atoms with van der Waals surface area (Å²) in [5.74, 6) is -0.360. The molecule has 0 saturated heterocycles. The van der Waals surface area contributed by atoms with Crippen molar-refractivity contribution in [3.05, 3.63) is 56.7 Å². The van der Waals surface area contributed by atoms with E-state index in [0.29, 0.717) is 18.5 Å². The van der Waals surface area contributed by atoms with E-state index in [2.05, 4.69) is 5.32 Å². The van der Waals surface area contributed by atoms with Crippen LogP contribution in [0.25, 0.3) is 11.1 Å². The van der Waals surface area contributed by atoms with Crippen molar-refractivity contribution in [2.45, 2.75) is 19.4 Å². The zero-order valence-electron chi connectivity index (χ0n) is 12.2. The summed E-state index contributed by atoms with van der Waals surface area (Å²) >= 11 is 1.66. The molecule has 2 aromatic heterocycles. The molecule has 114 valence electrons. The highest BCUT2D eigenvalue weighted by molar-refractivity contribution is 7.09. The van der Waals surface area contributed by atoms with Crippen LogP contribution >= 0.6 is 11.3 Å². The minimum absolute atomic E-state index is 0.0228. The summed E-state index contributed by atoms with van der Waals surface area (Å²) in [5, 5.41) is 4.91. The first kappa shape index (κ1) is 14.6.